The average molecular weight is 198 g/mol. The minimum absolute atomic E-state index is 0.0353. The zero-order chi connectivity index (χ0) is 9.28. The molecule has 1 unspecified atom stereocenters. The molecule has 0 saturated heterocycles. The lowest BCUT2D eigenvalue weighted by Gasteiger charge is -2.22. The van der Waals surface area contributed by atoms with Crippen LogP contribution in [0.15, 0.2) is 0 Å². The first-order chi connectivity index (χ1) is 4.67. The first-order valence-electron chi connectivity index (χ1n) is 3.32. The highest BCUT2D eigenvalue weighted by molar-refractivity contribution is 7.87. The van der Waals surface area contributed by atoms with Crippen molar-refractivity contribution in [3.8, 4) is 0 Å². The fourth-order valence-electron chi connectivity index (χ4n) is 0.817. The maximum atomic E-state index is 10.7. The SMILES string of the molecule is CC(S)CC(C)(C)S(=O)(=O)O. The van der Waals surface area contributed by atoms with Gasteiger partial charge in [0.2, 0.25) is 0 Å². The molecule has 0 aromatic heterocycles. The van der Waals surface area contributed by atoms with Crippen LogP contribution in [0.25, 0.3) is 0 Å². The van der Waals surface area contributed by atoms with Gasteiger partial charge in [-0.3, -0.25) is 4.55 Å². The Bertz CT molecular complexity index is 216. The third-order valence-corrected chi connectivity index (χ3v) is 3.23. The highest BCUT2D eigenvalue weighted by Crippen LogP contribution is 2.23. The molecule has 11 heavy (non-hydrogen) atoms. The molecule has 68 valence electrons. The third-order valence-electron chi connectivity index (χ3n) is 1.49. The summed E-state index contributed by atoms with van der Waals surface area (Å²) in [6, 6.07) is 0. The van der Waals surface area contributed by atoms with E-state index >= 15 is 0 Å². The van der Waals surface area contributed by atoms with Crippen LogP contribution >= 0.6 is 12.6 Å². The smallest absolute Gasteiger partial charge is 0.270 e. The van der Waals surface area contributed by atoms with Crippen LogP contribution in [0.3, 0.4) is 0 Å². The van der Waals surface area contributed by atoms with Gasteiger partial charge < -0.3 is 0 Å². The highest BCUT2D eigenvalue weighted by atomic mass is 32.2. The van der Waals surface area contributed by atoms with Crippen molar-refractivity contribution in [1.82, 2.24) is 0 Å². The van der Waals surface area contributed by atoms with E-state index in [4.69, 9.17) is 4.55 Å². The van der Waals surface area contributed by atoms with Crippen molar-refractivity contribution < 1.29 is 13.0 Å². The lowest BCUT2D eigenvalue weighted by Crippen LogP contribution is -2.33. The normalized spacial score (nSPS) is 16.5. The van der Waals surface area contributed by atoms with E-state index in [1.54, 1.807) is 6.92 Å². The van der Waals surface area contributed by atoms with Crippen molar-refractivity contribution in [2.24, 2.45) is 0 Å². The molecule has 0 aliphatic heterocycles. The predicted octanol–water partition coefficient (Wildman–Crippen LogP) is 1.36. The molecule has 0 spiro atoms. The standard InChI is InChI=1S/C6H14O3S2/c1-5(10)4-6(2,3)11(7,8)9/h5,10H,4H2,1-3H3,(H,7,8,9). The molecule has 0 aliphatic rings. The van der Waals surface area contributed by atoms with Gasteiger partial charge in [0.15, 0.2) is 0 Å². The van der Waals surface area contributed by atoms with Crippen molar-refractivity contribution >= 4 is 22.7 Å². The molecule has 0 aromatic rings. The lowest BCUT2D eigenvalue weighted by atomic mass is 10.1. The molecule has 0 fully saturated rings. The van der Waals surface area contributed by atoms with Gasteiger partial charge in [0.25, 0.3) is 10.1 Å². The van der Waals surface area contributed by atoms with Crippen LogP contribution < -0.4 is 0 Å². The summed E-state index contributed by atoms with van der Waals surface area (Å²) in [5, 5.41) is -0.0353. The van der Waals surface area contributed by atoms with E-state index < -0.39 is 14.9 Å². The predicted molar refractivity (Wildman–Crippen MR) is 48.7 cm³/mol. The van der Waals surface area contributed by atoms with Gasteiger partial charge >= 0.3 is 0 Å². The lowest BCUT2D eigenvalue weighted by molar-refractivity contribution is 0.431. The molecule has 5 heteroatoms. The minimum atomic E-state index is -3.95. The molecule has 1 N–H and O–H groups in total. The average Bonchev–Trinajstić information content (AvgIpc) is 1.56. The zero-order valence-corrected chi connectivity index (χ0v) is 8.61. The number of thiol groups is 1. The Labute approximate surface area is 73.3 Å². The van der Waals surface area contributed by atoms with Crippen LogP contribution in [0, 0.1) is 0 Å². The second-order valence-electron chi connectivity index (χ2n) is 3.29. The summed E-state index contributed by atoms with van der Waals surface area (Å²) in [4.78, 5) is 0. The van der Waals surface area contributed by atoms with Gasteiger partial charge in [-0.1, -0.05) is 6.92 Å². The summed E-state index contributed by atoms with van der Waals surface area (Å²) < 4.78 is 29.1. The Morgan fingerprint density at radius 2 is 1.91 bits per heavy atom. The molecule has 0 bridgehead atoms. The summed E-state index contributed by atoms with van der Waals surface area (Å²) in [7, 11) is -3.95. The number of hydrogen-bond donors (Lipinski definition) is 2. The molecule has 0 saturated carbocycles. The maximum Gasteiger partial charge on any atom is 0.270 e. The van der Waals surface area contributed by atoms with Crippen molar-refractivity contribution in [3.63, 3.8) is 0 Å². The van der Waals surface area contributed by atoms with Crippen molar-refractivity contribution in [2.75, 3.05) is 0 Å². The summed E-state index contributed by atoms with van der Waals surface area (Å²) in [6.45, 7) is 4.75. The van der Waals surface area contributed by atoms with Gasteiger partial charge in [-0.05, 0) is 20.3 Å². The van der Waals surface area contributed by atoms with Crippen LogP contribution in [0.2, 0.25) is 0 Å². The van der Waals surface area contributed by atoms with E-state index in [1.807, 2.05) is 0 Å². The van der Waals surface area contributed by atoms with Gasteiger partial charge in [-0.25, -0.2) is 0 Å². The molecule has 0 radical (unpaired) electrons. The molecule has 0 aromatic carbocycles. The summed E-state index contributed by atoms with van der Waals surface area (Å²) in [5.41, 5.74) is 0. The molecule has 0 amide bonds. The highest BCUT2D eigenvalue weighted by Gasteiger charge is 2.33. The van der Waals surface area contributed by atoms with E-state index in [1.165, 1.54) is 13.8 Å². The Kier molecular flexibility index (Phi) is 3.41. The summed E-state index contributed by atoms with van der Waals surface area (Å²) in [5.74, 6) is 0. The minimum Gasteiger partial charge on any atom is -0.285 e. The Hall–Kier alpha value is 0.260. The molecule has 0 rings (SSSR count). The van der Waals surface area contributed by atoms with Crippen LogP contribution in [0.4, 0.5) is 0 Å². The second-order valence-corrected chi connectivity index (χ2v) is 6.22. The van der Waals surface area contributed by atoms with Crippen LogP contribution in [0.5, 0.6) is 0 Å². The fourth-order valence-corrected chi connectivity index (χ4v) is 1.86. The van der Waals surface area contributed by atoms with Crippen molar-refractivity contribution in [3.05, 3.63) is 0 Å². The number of rotatable bonds is 3. The first-order valence-corrected chi connectivity index (χ1v) is 5.27. The third kappa shape index (κ3) is 3.44. The molecular formula is C6H14O3S2. The van der Waals surface area contributed by atoms with Crippen molar-refractivity contribution in [1.29, 1.82) is 0 Å². The molecule has 3 nitrogen and oxygen atoms in total. The van der Waals surface area contributed by atoms with Gasteiger partial charge in [0.05, 0.1) is 4.75 Å². The van der Waals surface area contributed by atoms with Gasteiger partial charge in [-0.2, -0.15) is 21.0 Å². The molecule has 0 heterocycles. The van der Waals surface area contributed by atoms with Gasteiger partial charge in [0.1, 0.15) is 0 Å². The monoisotopic (exact) mass is 198 g/mol. The molecule has 1 atom stereocenters. The number of hydrogen-bond acceptors (Lipinski definition) is 3. The summed E-state index contributed by atoms with van der Waals surface area (Å²) >= 11 is 4.05. The van der Waals surface area contributed by atoms with E-state index in [9.17, 15) is 8.42 Å². The van der Waals surface area contributed by atoms with E-state index in [0.29, 0.717) is 6.42 Å². The molecule has 0 aliphatic carbocycles. The first kappa shape index (κ1) is 11.3. The quantitative estimate of drug-likeness (QED) is 0.532. The van der Waals surface area contributed by atoms with Crippen LogP contribution in [0.1, 0.15) is 27.2 Å². The maximum absolute atomic E-state index is 10.7. The van der Waals surface area contributed by atoms with Gasteiger partial charge in [0, 0.05) is 5.25 Å². The Balaban J connectivity index is 4.49. The topological polar surface area (TPSA) is 54.4 Å². The van der Waals surface area contributed by atoms with Crippen LogP contribution in [-0.2, 0) is 10.1 Å². The fraction of sp³-hybridized carbons (Fsp3) is 1.00. The van der Waals surface area contributed by atoms with Gasteiger partial charge in [-0.15, -0.1) is 0 Å². The van der Waals surface area contributed by atoms with E-state index in [0.717, 1.165) is 0 Å². The Morgan fingerprint density at radius 1 is 1.55 bits per heavy atom. The van der Waals surface area contributed by atoms with Crippen LogP contribution in [-0.4, -0.2) is 23.0 Å². The largest absolute Gasteiger partial charge is 0.285 e. The van der Waals surface area contributed by atoms with Crippen molar-refractivity contribution in [2.45, 2.75) is 37.2 Å². The second kappa shape index (κ2) is 3.33. The summed E-state index contributed by atoms with van der Waals surface area (Å²) in [6.07, 6.45) is 0.342. The Morgan fingerprint density at radius 3 is 2.00 bits per heavy atom. The molecular weight excluding hydrogens is 184 g/mol. The van der Waals surface area contributed by atoms with E-state index in [-0.39, 0.29) is 5.25 Å². The zero-order valence-electron chi connectivity index (χ0n) is 6.90. The van der Waals surface area contributed by atoms with E-state index in [2.05, 4.69) is 12.6 Å².